The molecule has 0 aliphatic rings. The smallest absolute Gasteiger partial charge is 0.311 e. The second-order valence-corrected chi connectivity index (χ2v) is 5.42. The van der Waals surface area contributed by atoms with E-state index in [4.69, 9.17) is 5.11 Å². The van der Waals surface area contributed by atoms with Gasteiger partial charge < -0.3 is 10.4 Å². The standard InChI is InChI=1S/C16H23NO3/c1-4-16(3,15(19)20)11-17-14(18)10-9-13-8-6-5-7-12(13)2/h5-8H,4,9-11H2,1-3H3,(H,17,18)(H,19,20). The fraction of sp³-hybridized carbons (Fsp3) is 0.500. The Morgan fingerprint density at radius 3 is 2.50 bits per heavy atom. The highest BCUT2D eigenvalue weighted by Crippen LogP contribution is 2.20. The van der Waals surface area contributed by atoms with Crippen LogP contribution >= 0.6 is 0 Å². The van der Waals surface area contributed by atoms with Crippen LogP contribution < -0.4 is 5.32 Å². The second kappa shape index (κ2) is 7.08. The van der Waals surface area contributed by atoms with Gasteiger partial charge in [-0.2, -0.15) is 0 Å². The first-order valence-electron chi connectivity index (χ1n) is 6.93. The molecule has 4 nitrogen and oxygen atoms in total. The Morgan fingerprint density at radius 2 is 1.95 bits per heavy atom. The first-order chi connectivity index (χ1) is 9.39. The average Bonchev–Trinajstić information content (AvgIpc) is 2.43. The van der Waals surface area contributed by atoms with Gasteiger partial charge >= 0.3 is 5.97 Å². The molecule has 0 bridgehead atoms. The van der Waals surface area contributed by atoms with Crippen LogP contribution in [-0.4, -0.2) is 23.5 Å². The minimum Gasteiger partial charge on any atom is -0.481 e. The highest BCUT2D eigenvalue weighted by atomic mass is 16.4. The maximum atomic E-state index is 11.8. The summed E-state index contributed by atoms with van der Waals surface area (Å²) in [4.78, 5) is 22.9. The molecule has 1 atom stereocenters. The van der Waals surface area contributed by atoms with Crippen molar-refractivity contribution in [3.8, 4) is 0 Å². The van der Waals surface area contributed by atoms with Gasteiger partial charge in [-0.3, -0.25) is 9.59 Å². The largest absolute Gasteiger partial charge is 0.481 e. The fourth-order valence-corrected chi connectivity index (χ4v) is 1.87. The number of carboxylic acid groups (broad SMARTS) is 1. The van der Waals surface area contributed by atoms with Crippen molar-refractivity contribution in [3.05, 3.63) is 35.4 Å². The number of nitrogens with one attached hydrogen (secondary N) is 1. The summed E-state index contributed by atoms with van der Waals surface area (Å²) < 4.78 is 0. The van der Waals surface area contributed by atoms with Crippen LogP contribution in [0.4, 0.5) is 0 Å². The summed E-state index contributed by atoms with van der Waals surface area (Å²) in [5.41, 5.74) is 1.43. The number of hydrogen-bond acceptors (Lipinski definition) is 2. The quantitative estimate of drug-likeness (QED) is 0.805. The van der Waals surface area contributed by atoms with E-state index >= 15 is 0 Å². The molecule has 1 aromatic carbocycles. The molecule has 2 N–H and O–H groups in total. The predicted molar refractivity (Wildman–Crippen MR) is 78.5 cm³/mol. The van der Waals surface area contributed by atoms with Crippen molar-refractivity contribution in [1.29, 1.82) is 0 Å². The summed E-state index contributed by atoms with van der Waals surface area (Å²) >= 11 is 0. The SMILES string of the molecule is CCC(C)(CNC(=O)CCc1ccccc1C)C(=O)O. The van der Waals surface area contributed by atoms with Crippen LogP contribution in [0.3, 0.4) is 0 Å². The zero-order chi connectivity index (χ0) is 15.2. The molecule has 0 radical (unpaired) electrons. The molecular weight excluding hydrogens is 254 g/mol. The molecule has 0 aliphatic carbocycles. The molecule has 0 aliphatic heterocycles. The van der Waals surface area contributed by atoms with E-state index in [9.17, 15) is 9.59 Å². The van der Waals surface area contributed by atoms with Crippen LogP contribution in [0, 0.1) is 12.3 Å². The van der Waals surface area contributed by atoms with Gasteiger partial charge in [0.25, 0.3) is 0 Å². The highest BCUT2D eigenvalue weighted by molar-refractivity contribution is 5.79. The summed E-state index contributed by atoms with van der Waals surface area (Å²) in [6.07, 6.45) is 1.54. The molecule has 1 aromatic rings. The normalized spacial score (nSPS) is 13.6. The van der Waals surface area contributed by atoms with Gasteiger partial charge in [0.05, 0.1) is 5.41 Å². The molecule has 4 heteroatoms. The summed E-state index contributed by atoms with van der Waals surface area (Å²) in [6.45, 7) is 5.65. The molecule has 1 rings (SSSR count). The van der Waals surface area contributed by atoms with Gasteiger partial charge in [0.2, 0.25) is 5.91 Å². The molecule has 0 spiro atoms. The highest BCUT2D eigenvalue weighted by Gasteiger charge is 2.31. The number of aryl methyl sites for hydroxylation is 2. The Kier molecular flexibility index (Phi) is 5.74. The lowest BCUT2D eigenvalue weighted by Crippen LogP contribution is -2.40. The second-order valence-electron chi connectivity index (χ2n) is 5.42. The number of aliphatic carboxylic acids is 1. The third-order valence-electron chi connectivity index (χ3n) is 3.86. The number of amides is 1. The van der Waals surface area contributed by atoms with Crippen LogP contribution in [0.25, 0.3) is 0 Å². The Balaban J connectivity index is 2.45. The van der Waals surface area contributed by atoms with Crippen molar-refractivity contribution in [3.63, 3.8) is 0 Å². The monoisotopic (exact) mass is 277 g/mol. The number of rotatable bonds is 7. The van der Waals surface area contributed by atoms with Crippen molar-refractivity contribution < 1.29 is 14.7 Å². The van der Waals surface area contributed by atoms with Crippen LogP contribution in [0.2, 0.25) is 0 Å². The molecule has 20 heavy (non-hydrogen) atoms. The Bertz CT molecular complexity index is 484. The van der Waals surface area contributed by atoms with Crippen molar-refractivity contribution in [2.24, 2.45) is 5.41 Å². The molecule has 0 heterocycles. The Labute approximate surface area is 120 Å². The lowest BCUT2D eigenvalue weighted by molar-refractivity contribution is -0.148. The van der Waals surface area contributed by atoms with Crippen molar-refractivity contribution >= 4 is 11.9 Å². The summed E-state index contributed by atoms with van der Waals surface area (Å²) in [6, 6.07) is 7.96. The topological polar surface area (TPSA) is 66.4 Å². The van der Waals surface area contributed by atoms with Crippen molar-refractivity contribution in [2.45, 2.75) is 40.0 Å². The van der Waals surface area contributed by atoms with Crippen molar-refractivity contribution in [1.82, 2.24) is 5.32 Å². The van der Waals surface area contributed by atoms with Gasteiger partial charge in [0, 0.05) is 13.0 Å². The third-order valence-corrected chi connectivity index (χ3v) is 3.86. The molecule has 0 fully saturated rings. The minimum absolute atomic E-state index is 0.103. The molecule has 1 unspecified atom stereocenters. The lowest BCUT2D eigenvalue weighted by atomic mass is 9.87. The van der Waals surface area contributed by atoms with E-state index in [0.717, 1.165) is 5.56 Å². The Hall–Kier alpha value is -1.84. The third kappa shape index (κ3) is 4.37. The van der Waals surface area contributed by atoms with E-state index < -0.39 is 11.4 Å². The number of benzene rings is 1. The lowest BCUT2D eigenvalue weighted by Gasteiger charge is -2.23. The van der Waals surface area contributed by atoms with Crippen LogP contribution in [0.15, 0.2) is 24.3 Å². The van der Waals surface area contributed by atoms with E-state index in [1.165, 1.54) is 5.56 Å². The van der Waals surface area contributed by atoms with Gasteiger partial charge in [0.15, 0.2) is 0 Å². The van der Waals surface area contributed by atoms with E-state index in [0.29, 0.717) is 19.3 Å². The van der Waals surface area contributed by atoms with Crippen molar-refractivity contribution in [2.75, 3.05) is 6.54 Å². The maximum absolute atomic E-state index is 11.8. The Morgan fingerprint density at radius 1 is 1.30 bits per heavy atom. The van der Waals surface area contributed by atoms with Gasteiger partial charge in [-0.25, -0.2) is 0 Å². The molecule has 110 valence electrons. The maximum Gasteiger partial charge on any atom is 0.311 e. The minimum atomic E-state index is -0.891. The van der Waals surface area contributed by atoms with E-state index in [1.807, 2.05) is 38.1 Å². The number of carbonyl (C=O) groups excluding carboxylic acids is 1. The molecule has 0 saturated carbocycles. The van der Waals surface area contributed by atoms with Gasteiger partial charge in [-0.1, -0.05) is 31.2 Å². The van der Waals surface area contributed by atoms with Gasteiger partial charge in [0.1, 0.15) is 0 Å². The van der Waals surface area contributed by atoms with E-state index in [-0.39, 0.29) is 12.5 Å². The summed E-state index contributed by atoms with van der Waals surface area (Å²) in [5.74, 6) is -0.978. The number of carboxylic acids is 1. The number of hydrogen-bond donors (Lipinski definition) is 2. The molecular formula is C16H23NO3. The van der Waals surface area contributed by atoms with Crippen LogP contribution in [0.1, 0.15) is 37.8 Å². The van der Waals surface area contributed by atoms with Gasteiger partial charge in [-0.05, 0) is 37.8 Å². The fourth-order valence-electron chi connectivity index (χ4n) is 1.87. The molecule has 0 saturated heterocycles. The first kappa shape index (κ1) is 16.2. The van der Waals surface area contributed by atoms with E-state index in [1.54, 1.807) is 6.92 Å². The predicted octanol–water partition coefficient (Wildman–Crippen LogP) is 2.54. The molecule has 0 aromatic heterocycles. The van der Waals surface area contributed by atoms with Crippen LogP contribution in [-0.2, 0) is 16.0 Å². The summed E-state index contributed by atoms with van der Waals surface area (Å²) in [7, 11) is 0. The summed E-state index contributed by atoms with van der Waals surface area (Å²) in [5, 5.41) is 11.9. The van der Waals surface area contributed by atoms with Gasteiger partial charge in [-0.15, -0.1) is 0 Å². The number of carbonyl (C=O) groups is 2. The molecule has 1 amide bonds. The zero-order valence-electron chi connectivity index (χ0n) is 12.4. The zero-order valence-corrected chi connectivity index (χ0v) is 12.4. The first-order valence-corrected chi connectivity index (χ1v) is 6.93. The average molecular weight is 277 g/mol. The van der Waals surface area contributed by atoms with E-state index in [2.05, 4.69) is 5.32 Å². The van der Waals surface area contributed by atoms with Crippen LogP contribution in [0.5, 0.6) is 0 Å².